The number of likely N-dealkylation sites (N-methyl/N-ethyl adjacent to an activating group) is 1. The van der Waals surface area contributed by atoms with Crippen LogP contribution in [0.1, 0.15) is 39.7 Å². The van der Waals surface area contributed by atoms with Crippen molar-refractivity contribution in [2.45, 2.75) is 41.0 Å². The second-order valence-corrected chi connectivity index (χ2v) is 8.22. The van der Waals surface area contributed by atoms with Crippen molar-refractivity contribution in [3.05, 3.63) is 23.8 Å². The van der Waals surface area contributed by atoms with E-state index in [1.807, 2.05) is 33.8 Å². The van der Waals surface area contributed by atoms with E-state index >= 15 is 0 Å². The fraction of sp³-hybridized carbons (Fsp3) is 0.619. The van der Waals surface area contributed by atoms with Gasteiger partial charge in [-0.05, 0) is 37.2 Å². The molecule has 1 aromatic rings. The van der Waals surface area contributed by atoms with Crippen LogP contribution in [0.5, 0.6) is 0 Å². The van der Waals surface area contributed by atoms with E-state index in [9.17, 15) is 9.59 Å². The molecule has 27 heavy (non-hydrogen) atoms. The molecule has 1 saturated heterocycles. The van der Waals surface area contributed by atoms with Crippen LogP contribution < -0.4 is 15.5 Å². The summed E-state index contributed by atoms with van der Waals surface area (Å²) in [5.41, 5.74) is 2.65. The number of amides is 2. The molecular formula is C21H34N4O2. The number of hydrogen-bond acceptors (Lipinski definition) is 4. The van der Waals surface area contributed by atoms with Gasteiger partial charge in [-0.2, -0.15) is 0 Å². The van der Waals surface area contributed by atoms with Crippen molar-refractivity contribution in [1.82, 2.24) is 10.2 Å². The Labute approximate surface area is 163 Å². The zero-order valence-corrected chi connectivity index (χ0v) is 17.4. The quantitative estimate of drug-likeness (QED) is 0.803. The molecule has 1 aliphatic heterocycles. The van der Waals surface area contributed by atoms with E-state index in [-0.39, 0.29) is 18.2 Å². The molecule has 0 atom stereocenters. The van der Waals surface area contributed by atoms with E-state index in [2.05, 4.69) is 39.5 Å². The third-order valence-electron chi connectivity index (χ3n) is 4.99. The number of piperazine rings is 1. The molecule has 2 rings (SSSR count). The Morgan fingerprint density at radius 1 is 1.11 bits per heavy atom. The molecular weight excluding hydrogens is 340 g/mol. The minimum Gasteiger partial charge on any atom is -0.369 e. The highest BCUT2D eigenvalue weighted by Crippen LogP contribution is 2.24. The summed E-state index contributed by atoms with van der Waals surface area (Å²) in [5, 5.41) is 5.76. The number of carbonyl (C=O) groups excluding carboxylic acids is 2. The molecule has 0 spiro atoms. The largest absolute Gasteiger partial charge is 0.369 e. The third kappa shape index (κ3) is 6.24. The highest BCUT2D eigenvalue weighted by Gasteiger charge is 2.21. The lowest BCUT2D eigenvalue weighted by atomic mass is 9.96. The maximum atomic E-state index is 12.2. The highest BCUT2D eigenvalue weighted by molar-refractivity contribution is 5.92. The first kappa shape index (κ1) is 21.2. The van der Waals surface area contributed by atoms with Gasteiger partial charge in [0.15, 0.2) is 0 Å². The van der Waals surface area contributed by atoms with Crippen LogP contribution in [0.4, 0.5) is 11.4 Å². The van der Waals surface area contributed by atoms with Crippen LogP contribution >= 0.6 is 0 Å². The molecule has 0 aliphatic carbocycles. The van der Waals surface area contributed by atoms with Gasteiger partial charge in [0.2, 0.25) is 11.8 Å². The minimum absolute atomic E-state index is 0.0426. The summed E-state index contributed by atoms with van der Waals surface area (Å²) in [6.07, 6.45) is 0.266. The normalized spacial score (nSPS) is 15.5. The van der Waals surface area contributed by atoms with Crippen molar-refractivity contribution in [2.75, 3.05) is 49.5 Å². The van der Waals surface area contributed by atoms with Gasteiger partial charge in [0.25, 0.3) is 0 Å². The van der Waals surface area contributed by atoms with Crippen LogP contribution in [0.3, 0.4) is 0 Å². The van der Waals surface area contributed by atoms with Gasteiger partial charge >= 0.3 is 0 Å². The second-order valence-electron chi connectivity index (χ2n) is 8.22. The number of aryl methyl sites for hydroxylation is 1. The Bertz CT molecular complexity index is 659. The first-order valence-corrected chi connectivity index (χ1v) is 9.87. The number of nitrogens with one attached hydrogen (secondary N) is 2. The minimum atomic E-state index is -0.439. The molecule has 1 aromatic carbocycles. The second kappa shape index (κ2) is 9.22. The number of hydrogen-bond donors (Lipinski definition) is 2. The Morgan fingerprint density at radius 3 is 2.33 bits per heavy atom. The van der Waals surface area contributed by atoms with Crippen molar-refractivity contribution in [2.24, 2.45) is 5.41 Å². The first-order chi connectivity index (χ1) is 12.7. The molecule has 0 aromatic heterocycles. The van der Waals surface area contributed by atoms with Gasteiger partial charge in [-0.1, -0.05) is 27.7 Å². The summed E-state index contributed by atoms with van der Waals surface area (Å²) in [4.78, 5) is 28.9. The third-order valence-corrected chi connectivity index (χ3v) is 4.99. The van der Waals surface area contributed by atoms with Crippen LogP contribution in [-0.2, 0) is 9.59 Å². The average molecular weight is 375 g/mol. The zero-order valence-electron chi connectivity index (χ0n) is 17.4. The van der Waals surface area contributed by atoms with E-state index in [0.29, 0.717) is 6.54 Å². The highest BCUT2D eigenvalue weighted by atomic mass is 16.2. The lowest BCUT2D eigenvalue weighted by Crippen LogP contribution is -2.46. The van der Waals surface area contributed by atoms with E-state index in [0.717, 1.165) is 44.0 Å². The van der Waals surface area contributed by atoms with Crippen molar-refractivity contribution in [3.8, 4) is 0 Å². The molecule has 0 radical (unpaired) electrons. The van der Waals surface area contributed by atoms with Crippen molar-refractivity contribution < 1.29 is 9.59 Å². The van der Waals surface area contributed by atoms with Gasteiger partial charge in [-0.15, -0.1) is 0 Å². The van der Waals surface area contributed by atoms with E-state index < -0.39 is 5.41 Å². The molecule has 6 heteroatoms. The molecule has 2 amide bonds. The van der Waals surface area contributed by atoms with Crippen molar-refractivity contribution in [3.63, 3.8) is 0 Å². The molecule has 1 aliphatic rings. The Kier molecular flexibility index (Phi) is 7.25. The summed E-state index contributed by atoms with van der Waals surface area (Å²) in [7, 11) is 0. The fourth-order valence-electron chi connectivity index (χ4n) is 3.07. The number of anilines is 2. The smallest absolute Gasteiger partial charge is 0.226 e. The maximum Gasteiger partial charge on any atom is 0.226 e. The van der Waals surface area contributed by atoms with Gasteiger partial charge in [-0.25, -0.2) is 0 Å². The summed E-state index contributed by atoms with van der Waals surface area (Å²) in [5.74, 6) is -0.129. The average Bonchev–Trinajstić information content (AvgIpc) is 2.62. The molecule has 0 saturated carbocycles. The monoisotopic (exact) mass is 374 g/mol. The molecule has 1 heterocycles. The molecule has 150 valence electrons. The van der Waals surface area contributed by atoms with Crippen LogP contribution in [0.25, 0.3) is 0 Å². The van der Waals surface area contributed by atoms with E-state index in [4.69, 9.17) is 0 Å². The fourth-order valence-corrected chi connectivity index (χ4v) is 3.07. The summed E-state index contributed by atoms with van der Waals surface area (Å²) in [6, 6.07) is 6.19. The number of carbonyl (C=O) groups is 2. The molecule has 1 fully saturated rings. The van der Waals surface area contributed by atoms with Crippen LogP contribution in [0.15, 0.2) is 18.2 Å². The molecule has 6 nitrogen and oxygen atoms in total. The number of rotatable bonds is 6. The Balaban J connectivity index is 1.85. The van der Waals surface area contributed by atoms with Gasteiger partial charge in [0.1, 0.15) is 0 Å². The molecule has 0 bridgehead atoms. The Morgan fingerprint density at radius 2 is 1.78 bits per heavy atom. The van der Waals surface area contributed by atoms with Gasteiger partial charge in [-0.3, -0.25) is 9.59 Å². The lowest BCUT2D eigenvalue weighted by molar-refractivity contribution is -0.128. The Hall–Kier alpha value is -2.08. The number of benzene rings is 1. The summed E-state index contributed by atoms with van der Waals surface area (Å²) >= 11 is 0. The standard InChI is InChI=1S/C21H34N4O2/c1-6-24-11-13-25(14-12-24)17-7-8-18(16(2)15-17)23-19(26)9-10-22-20(27)21(3,4)5/h7-8,15H,6,9-14H2,1-5H3,(H,22,27)(H,23,26). The predicted molar refractivity (Wildman–Crippen MR) is 111 cm³/mol. The maximum absolute atomic E-state index is 12.2. The van der Waals surface area contributed by atoms with Gasteiger partial charge in [0.05, 0.1) is 0 Å². The van der Waals surface area contributed by atoms with E-state index in [1.54, 1.807) is 0 Å². The van der Waals surface area contributed by atoms with Crippen LogP contribution in [-0.4, -0.2) is 56.0 Å². The SMILES string of the molecule is CCN1CCN(c2ccc(NC(=O)CCNC(=O)C(C)(C)C)c(C)c2)CC1. The van der Waals surface area contributed by atoms with E-state index in [1.165, 1.54) is 5.69 Å². The summed E-state index contributed by atoms with van der Waals surface area (Å²) in [6.45, 7) is 15.5. The number of nitrogens with zero attached hydrogens (tertiary/aromatic N) is 2. The molecule has 2 N–H and O–H groups in total. The topological polar surface area (TPSA) is 64.7 Å². The predicted octanol–water partition coefficient (Wildman–Crippen LogP) is 2.63. The van der Waals surface area contributed by atoms with Crippen LogP contribution in [0, 0.1) is 12.3 Å². The van der Waals surface area contributed by atoms with Gasteiger partial charge in [0, 0.05) is 55.9 Å². The van der Waals surface area contributed by atoms with Crippen molar-refractivity contribution in [1.29, 1.82) is 0 Å². The zero-order chi connectivity index (χ0) is 20.0. The first-order valence-electron chi connectivity index (χ1n) is 9.87. The van der Waals surface area contributed by atoms with Gasteiger partial charge < -0.3 is 20.4 Å². The summed E-state index contributed by atoms with van der Waals surface area (Å²) < 4.78 is 0. The lowest BCUT2D eigenvalue weighted by Gasteiger charge is -2.35. The van der Waals surface area contributed by atoms with Crippen molar-refractivity contribution >= 4 is 23.2 Å². The van der Waals surface area contributed by atoms with Crippen LogP contribution in [0.2, 0.25) is 0 Å². The molecule has 0 unspecified atom stereocenters.